The SMILES string of the molecule is N#Cc1ccc(N2CCC(F)(F)C2)c(C(F)(F)F)c1. The Labute approximate surface area is 106 Å². The molecule has 2 nitrogen and oxygen atoms in total. The highest BCUT2D eigenvalue weighted by Gasteiger charge is 2.42. The molecule has 0 unspecified atom stereocenters. The summed E-state index contributed by atoms with van der Waals surface area (Å²) in [5.74, 6) is -2.98. The van der Waals surface area contributed by atoms with E-state index in [4.69, 9.17) is 5.26 Å². The van der Waals surface area contributed by atoms with Crippen LogP contribution in [0, 0.1) is 11.3 Å². The van der Waals surface area contributed by atoms with E-state index in [0.29, 0.717) is 6.07 Å². The number of hydrogen-bond acceptors (Lipinski definition) is 2. The van der Waals surface area contributed by atoms with Crippen LogP contribution in [0.15, 0.2) is 18.2 Å². The summed E-state index contributed by atoms with van der Waals surface area (Å²) in [7, 11) is 0. The van der Waals surface area contributed by atoms with Crippen molar-refractivity contribution in [2.24, 2.45) is 0 Å². The van der Waals surface area contributed by atoms with Gasteiger partial charge >= 0.3 is 6.18 Å². The second kappa shape index (κ2) is 4.37. The third-order valence-corrected chi connectivity index (χ3v) is 2.94. The van der Waals surface area contributed by atoms with Gasteiger partial charge in [0.25, 0.3) is 5.92 Å². The lowest BCUT2D eigenvalue weighted by atomic mass is 10.1. The van der Waals surface area contributed by atoms with Crippen molar-refractivity contribution in [3.63, 3.8) is 0 Å². The lowest BCUT2D eigenvalue weighted by molar-refractivity contribution is -0.137. The summed E-state index contributed by atoms with van der Waals surface area (Å²) in [6.07, 6.45) is -5.15. The fraction of sp³-hybridized carbons (Fsp3) is 0.417. The maximum Gasteiger partial charge on any atom is 0.418 e. The molecule has 1 fully saturated rings. The summed E-state index contributed by atoms with van der Waals surface area (Å²) in [6.45, 7) is -0.871. The third-order valence-electron chi connectivity index (χ3n) is 2.94. The summed E-state index contributed by atoms with van der Waals surface area (Å²) in [6, 6.07) is 4.56. The molecule has 0 spiro atoms. The van der Waals surface area contributed by atoms with Gasteiger partial charge in [0.05, 0.1) is 23.7 Å². The first-order valence-corrected chi connectivity index (χ1v) is 5.47. The second-order valence-corrected chi connectivity index (χ2v) is 4.37. The Balaban J connectivity index is 2.44. The molecule has 1 aliphatic heterocycles. The van der Waals surface area contributed by atoms with Crippen LogP contribution in [-0.4, -0.2) is 19.0 Å². The molecule has 0 amide bonds. The van der Waals surface area contributed by atoms with Crippen LogP contribution in [0.25, 0.3) is 0 Å². The fourth-order valence-corrected chi connectivity index (χ4v) is 2.05. The molecule has 19 heavy (non-hydrogen) atoms. The van der Waals surface area contributed by atoms with Gasteiger partial charge in [-0.2, -0.15) is 18.4 Å². The molecule has 0 aromatic heterocycles. The van der Waals surface area contributed by atoms with Crippen molar-refractivity contribution in [2.45, 2.75) is 18.5 Å². The molecule has 1 aromatic carbocycles. The Bertz CT molecular complexity index is 530. The number of nitrogens with zero attached hydrogens (tertiary/aromatic N) is 2. The summed E-state index contributed by atoms with van der Waals surface area (Å²) in [5.41, 5.74) is -1.50. The van der Waals surface area contributed by atoms with Gasteiger partial charge in [0.1, 0.15) is 0 Å². The molecular weight excluding hydrogens is 267 g/mol. The zero-order valence-corrected chi connectivity index (χ0v) is 9.64. The van der Waals surface area contributed by atoms with Gasteiger partial charge in [0.2, 0.25) is 0 Å². The zero-order valence-electron chi connectivity index (χ0n) is 9.64. The van der Waals surface area contributed by atoms with E-state index in [-0.39, 0.29) is 17.8 Å². The van der Waals surface area contributed by atoms with Gasteiger partial charge in [-0.05, 0) is 18.2 Å². The average Bonchev–Trinajstić information content (AvgIpc) is 2.67. The van der Waals surface area contributed by atoms with Crippen LogP contribution < -0.4 is 4.90 Å². The predicted octanol–water partition coefficient (Wildman–Crippen LogP) is 3.42. The van der Waals surface area contributed by atoms with Crippen molar-refractivity contribution in [2.75, 3.05) is 18.0 Å². The van der Waals surface area contributed by atoms with Crippen LogP contribution in [0.5, 0.6) is 0 Å². The van der Waals surface area contributed by atoms with Crippen LogP contribution in [0.3, 0.4) is 0 Å². The Morgan fingerprint density at radius 3 is 2.42 bits per heavy atom. The molecule has 0 saturated carbocycles. The quantitative estimate of drug-likeness (QED) is 0.735. The first-order valence-electron chi connectivity index (χ1n) is 5.47. The van der Waals surface area contributed by atoms with Gasteiger partial charge in [0, 0.05) is 18.7 Å². The monoisotopic (exact) mass is 276 g/mol. The largest absolute Gasteiger partial charge is 0.418 e. The molecule has 1 aromatic rings. The first kappa shape index (κ1) is 13.6. The summed E-state index contributed by atoms with van der Waals surface area (Å²) < 4.78 is 64.8. The minimum Gasteiger partial charge on any atom is -0.365 e. The Morgan fingerprint density at radius 1 is 1.26 bits per heavy atom. The lowest BCUT2D eigenvalue weighted by Gasteiger charge is -2.23. The average molecular weight is 276 g/mol. The van der Waals surface area contributed by atoms with Crippen molar-refractivity contribution >= 4 is 5.69 Å². The van der Waals surface area contributed by atoms with Gasteiger partial charge in [-0.15, -0.1) is 0 Å². The lowest BCUT2D eigenvalue weighted by Crippen LogP contribution is -2.27. The van der Waals surface area contributed by atoms with E-state index < -0.39 is 30.6 Å². The van der Waals surface area contributed by atoms with E-state index in [1.54, 1.807) is 6.07 Å². The minimum absolute atomic E-state index is 0.137. The molecule has 0 radical (unpaired) electrons. The van der Waals surface area contributed by atoms with Crippen molar-refractivity contribution in [1.82, 2.24) is 0 Å². The van der Waals surface area contributed by atoms with E-state index in [1.165, 1.54) is 6.07 Å². The molecule has 1 saturated heterocycles. The maximum atomic E-state index is 13.1. The molecule has 2 rings (SSSR count). The molecule has 102 valence electrons. The predicted molar refractivity (Wildman–Crippen MR) is 57.9 cm³/mol. The topological polar surface area (TPSA) is 27.0 Å². The van der Waals surface area contributed by atoms with Crippen LogP contribution in [0.1, 0.15) is 17.5 Å². The summed E-state index contributed by atoms with van der Waals surface area (Å²) >= 11 is 0. The number of benzene rings is 1. The smallest absolute Gasteiger partial charge is 0.365 e. The van der Waals surface area contributed by atoms with Crippen molar-refractivity contribution in [1.29, 1.82) is 5.26 Å². The van der Waals surface area contributed by atoms with E-state index in [0.717, 1.165) is 11.0 Å². The molecular formula is C12H9F5N2. The molecule has 0 bridgehead atoms. The van der Waals surface area contributed by atoms with Gasteiger partial charge in [-0.3, -0.25) is 0 Å². The number of alkyl halides is 5. The van der Waals surface area contributed by atoms with Crippen LogP contribution in [0.2, 0.25) is 0 Å². The summed E-state index contributed by atoms with van der Waals surface area (Å²) in [5, 5.41) is 8.62. The molecule has 0 N–H and O–H groups in total. The van der Waals surface area contributed by atoms with Gasteiger partial charge < -0.3 is 4.90 Å². The van der Waals surface area contributed by atoms with Crippen LogP contribution >= 0.6 is 0 Å². The zero-order chi connectivity index (χ0) is 14.3. The number of halogens is 5. The van der Waals surface area contributed by atoms with Gasteiger partial charge in [-0.25, -0.2) is 8.78 Å². The minimum atomic E-state index is -4.68. The highest BCUT2D eigenvalue weighted by molar-refractivity contribution is 5.58. The molecule has 7 heteroatoms. The molecule has 0 atom stereocenters. The van der Waals surface area contributed by atoms with Gasteiger partial charge in [0.15, 0.2) is 0 Å². The van der Waals surface area contributed by atoms with Gasteiger partial charge in [-0.1, -0.05) is 0 Å². The van der Waals surface area contributed by atoms with Crippen molar-refractivity contribution in [3.05, 3.63) is 29.3 Å². The third kappa shape index (κ3) is 2.78. The Hall–Kier alpha value is -1.84. The number of nitriles is 1. The Kier molecular flexibility index (Phi) is 3.12. The fourth-order valence-electron chi connectivity index (χ4n) is 2.05. The number of rotatable bonds is 1. The highest BCUT2D eigenvalue weighted by Crippen LogP contribution is 2.40. The normalized spacial score (nSPS) is 18.4. The van der Waals surface area contributed by atoms with E-state index >= 15 is 0 Å². The molecule has 1 heterocycles. The standard InChI is InChI=1S/C12H9F5N2/c13-11(14)3-4-19(7-11)10-2-1-8(6-18)5-9(10)12(15,16)17/h1-2,5H,3-4,7H2. The van der Waals surface area contributed by atoms with E-state index in [1.807, 2.05) is 0 Å². The second-order valence-electron chi connectivity index (χ2n) is 4.37. The summed E-state index contributed by atoms with van der Waals surface area (Å²) in [4.78, 5) is 1.00. The number of anilines is 1. The Morgan fingerprint density at radius 2 is 1.95 bits per heavy atom. The molecule has 0 aliphatic carbocycles. The van der Waals surface area contributed by atoms with Crippen LogP contribution in [-0.2, 0) is 6.18 Å². The molecule has 1 aliphatic rings. The van der Waals surface area contributed by atoms with Crippen molar-refractivity contribution in [3.8, 4) is 6.07 Å². The van der Waals surface area contributed by atoms with Crippen molar-refractivity contribution < 1.29 is 22.0 Å². The number of hydrogen-bond donors (Lipinski definition) is 0. The van der Waals surface area contributed by atoms with Crippen LogP contribution in [0.4, 0.5) is 27.6 Å². The highest BCUT2D eigenvalue weighted by atomic mass is 19.4. The van der Waals surface area contributed by atoms with E-state index in [2.05, 4.69) is 0 Å². The maximum absolute atomic E-state index is 13.1. The first-order chi connectivity index (χ1) is 8.73. The van der Waals surface area contributed by atoms with E-state index in [9.17, 15) is 22.0 Å².